The SMILES string of the molecule is COC(=O)c1c(CBr)n(S(=O)(=O)c2ccccc2)c2ncc(F)cc12. The van der Waals surface area contributed by atoms with Crippen molar-refractivity contribution in [3.05, 3.63) is 59.7 Å². The van der Waals surface area contributed by atoms with Crippen molar-refractivity contribution in [2.45, 2.75) is 10.2 Å². The van der Waals surface area contributed by atoms with E-state index in [1.54, 1.807) is 18.2 Å². The summed E-state index contributed by atoms with van der Waals surface area (Å²) in [5.74, 6) is -1.46. The minimum absolute atomic E-state index is 0.0247. The molecule has 0 aliphatic carbocycles. The number of carbonyl (C=O) groups is 1. The molecule has 2 aromatic heterocycles. The zero-order chi connectivity index (χ0) is 18.2. The number of ether oxygens (including phenoxy) is 1. The molecular formula is C16H12BrFN2O4S. The second-order valence-corrected chi connectivity index (χ2v) is 7.40. The van der Waals surface area contributed by atoms with Crippen LogP contribution in [0.25, 0.3) is 11.0 Å². The number of alkyl halides is 1. The minimum Gasteiger partial charge on any atom is -0.465 e. The number of hydrogen-bond acceptors (Lipinski definition) is 5. The monoisotopic (exact) mass is 426 g/mol. The van der Waals surface area contributed by atoms with E-state index in [9.17, 15) is 17.6 Å². The Balaban J connectivity index is 2.45. The van der Waals surface area contributed by atoms with Crippen LogP contribution in [0, 0.1) is 5.82 Å². The maximum Gasteiger partial charge on any atom is 0.340 e. The fraction of sp³-hybridized carbons (Fsp3) is 0.125. The third-order valence-electron chi connectivity index (χ3n) is 3.63. The molecule has 0 amide bonds. The highest BCUT2D eigenvalue weighted by molar-refractivity contribution is 9.08. The van der Waals surface area contributed by atoms with Crippen molar-refractivity contribution in [3.63, 3.8) is 0 Å². The first-order chi connectivity index (χ1) is 11.9. The van der Waals surface area contributed by atoms with E-state index < -0.39 is 21.8 Å². The summed E-state index contributed by atoms with van der Waals surface area (Å²) in [6.07, 6.45) is 0.901. The van der Waals surface area contributed by atoms with Crippen LogP contribution in [0.2, 0.25) is 0 Å². The molecule has 0 bridgehead atoms. The van der Waals surface area contributed by atoms with E-state index in [4.69, 9.17) is 4.74 Å². The van der Waals surface area contributed by atoms with Gasteiger partial charge in [0.25, 0.3) is 10.0 Å². The molecule has 0 fully saturated rings. The number of aromatic nitrogens is 2. The number of benzene rings is 1. The van der Waals surface area contributed by atoms with Crippen molar-refractivity contribution in [1.29, 1.82) is 0 Å². The van der Waals surface area contributed by atoms with Crippen LogP contribution in [-0.2, 0) is 20.1 Å². The van der Waals surface area contributed by atoms with Gasteiger partial charge in [-0.2, -0.15) is 0 Å². The lowest BCUT2D eigenvalue weighted by Crippen LogP contribution is -2.17. The summed E-state index contributed by atoms with van der Waals surface area (Å²) in [6, 6.07) is 8.78. The Hall–Kier alpha value is -2.26. The predicted molar refractivity (Wildman–Crippen MR) is 92.7 cm³/mol. The van der Waals surface area contributed by atoms with Gasteiger partial charge in [-0.25, -0.2) is 26.6 Å². The van der Waals surface area contributed by atoms with Crippen LogP contribution in [0.3, 0.4) is 0 Å². The van der Waals surface area contributed by atoms with Crippen LogP contribution in [0.1, 0.15) is 16.1 Å². The second kappa shape index (κ2) is 6.57. The summed E-state index contributed by atoms with van der Waals surface area (Å²) in [5.41, 5.74) is 0.0322. The first-order valence-electron chi connectivity index (χ1n) is 7.05. The molecule has 25 heavy (non-hydrogen) atoms. The topological polar surface area (TPSA) is 78.3 Å². The van der Waals surface area contributed by atoms with E-state index in [0.29, 0.717) is 0 Å². The molecule has 0 spiro atoms. The van der Waals surface area contributed by atoms with Crippen LogP contribution in [0.4, 0.5) is 4.39 Å². The fourth-order valence-electron chi connectivity index (χ4n) is 2.57. The van der Waals surface area contributed by atoms with Gasteiger partial charge in [0.05, 0.1) is 29.5 Å². The Morgan fingerprint density at radius 2 is 2.00 bits per heavy atom. The molecule has 0 saturated carbocycles. The Labute approximate surface area is 151 Å². The summed E-state index contributed by atoms with van der Waals surface area (Å²) < 4.78 is 45.5. The van der Waals surface area contributed by atoms with Gasteiger partial charge < -0.3 is 4.74 Å². The van der Waals surface area contributed by atoms with Gasteiger partial charge in [-0.1, -0.05) is 34.1 Å². The molecule has 3 rings (SSSR count). The van der Waals surface area contributed by atoms with Crippen molar-refractivity contribution < 1.29 is 22.3 Å². The van der Waals surface area contributed by atoms with Crippen molar-refractivity contribution in [2.24, 2.45) is 0 Å². The van der Waals surface area contributed by atoms with Gasteiger partial charge in [0.2, 0.25) is 0 Å². The molecule has 0 aliphatic heterocycles. The summed E-state index contributed by atoms with van der Waals surface area (Å²) in [4.78, 5) is 16.1. The van der Waals surface area contributed by atoms with Gasteiger partial charge in [-0.05, 0) is 18.2 Å². The van der Waals surface area contributed by atoms with E-state index >= 15 is 0 Å². The lowest BCUT2D eigenvalue weighted by Gasteiger charge is -2.10. The van der Waals surface area contributed by atoms with Crippen LogP contribution in [0.5, 0.6) is 0 Å². The van der Waals surface area contributed by atoms with Gasteiger partial charge in [-0.15, -0.1) is 0 Å². The molecule has 0 radical (unpaired) electrons. The lowest BCUT2D eigenvalue weighted by atomic mass is 10.2. The summed E-state index contributed by atoms with van der Waals surface area (Å²) in [7, 11) is -2.88. The second-order valence-electron chi connectivity index (χ2n) is 5.05. The Morgan fingerprint density at radius 1 is 1.32 bits per heavy atom. The van der Waals surface area contributed by atoms with Crippen molar-refractivity contribution in [1.82, 2.24) is 8.96 Å². The molecule has 2 heterocycles. The van der Waals surface area contributed by atoms with Gasteiger partial charge in [0.1, 0.15) is 5.82 Å². The molecule has 9 heteroatoms. The number of hydrogen-bond donors (Lipinski definition) is 0. The lowest BCUT2D eigenvalue weighted by molar-refractivity contribution is 0.0602. The van der Waals surface area contributed by atoms with E-state index in [0.717, 1.165) is 16.2 Å². The molecule has 0 N–H and O–H groups in total. The molecule has 0 atom stereocenters. The zero-order valence-corrected chi connectivity index (χ0v) is 15.3. The number of pyridine rings is 1. The molecule has 1 aromatic carbocycles. The van der Waals surface area contributed by atoms with E-state index in [1.807, 2.05) is 0 Å². The Bertz CT molecular complexity index is 1060. The van der Waals surface area contributed by atoms with Crippen LogP contribution in [0.15, 0.2) is 47.5 Å². The largest absolute Gasteiger partial charge is 0.465 e. The number of nitrogens with zero attached hydrogens (tertiary/aromatic N) is 2. The molecule has 0 unspecified atom stereocenters. The maximum atomic E-state index is 13.7. The van der Waals surface area contributed by atoms with E-state index in [2.05, 4.69) is 20.9 Å². The van der Waals surface area contributed by atoms with Crippen molar-refractivity contribution in [3.8, 4) is 0 Å². The zero-order valence-electron chi connectivity index (χ0n) is 12.9. The van der Waals surface area contributed by atoms with Crippen molar-refractivity contribution >= 4 is 43.0 Å². The first kappa shape index (κ1) is 17.6. The number of halogens is 2. The summed E-state index contributed by atoms with van der Waals surface area (Å²) in [5, 5.41) is 0.0994. The normalized spacial score (nSPS) is 11.6. The van der Waals surface area contributed by atoms with Gasteiger partial charge in [-0.3, -0.25) is 0 Å². The highest BCUT2D eigenvalue weighted by Crippen LogP contribution is 2.31. The van der Waals surface area contributed by atoms with Gasteiger partial charge in [0.15, 0.2) is 5.65 Å². The van der Waals surface area contributed by atoms with Gasteiger partial charge >= 0.3 is 5.97 Å². The molecule has 6 nitrogen and oxygen atoms in total. The number of carbonyl (C=O) groups excluding carboxylic acids is 1. The minimum atomic E-state index is -4.05. The average Bonchev–Trinajstić information content (AvgIpc) is 2.95. The number of methoxy groups -OCH3 is 1. The number of rotatable bonds is 4. The summed E-state index contributed by atoms with van der Waals surface area (Å²) in [6.45, 7) is 0. The highest BCUT2D eigenvalue weighted by Gasteiger charge is 2.30. The third-order valence-corrected chi connectivity index (χ3v) is 5.90. The first-order valence-corrected chi connectivity index (χ1v) is 9.61. The highest BCUT2D eigenvalue weighted by atomic mass is 79.9. The quantitative estimate of drug-likeness (QED) is 0.473. The number of fused-ring (bicyclic) bond motifs is 1. The molecular weight excluding hydrogens is 415 g/mol. The molecule has 0 saturated heterocycles. The molecule has 130 valence electrons. The Kier molecular flexibility index (Phi) is 4.61. The van der Waals surface area contributed by atoms with Crippen LogP contribution >= 0.6 is 15.9 Å². The standard InChI is InChI=1S/C16H12BrFN2O4S/c1-24-16(21)14-12-7-10(18)9-19-15(12)20(13(14)8-17)25(22,23)11-5-3-2-4-6-11/h2-7,9H,8H2,1H3. The van der Waals surface area contributed by atoms with E-state index in [-0.39, 0.29) is 32.5 Å². The molecule has 0 aliphatic rings. The van der Waals surface area contributed by atoms with Crippen LogP contribution < -0.4 is 0 Å². The smallest absolute Gasteiger partial charge is 0.340 e. The Morgan fingerprint density at radius 3 is 2.60 bits per heavy atom. The average molecular weight is 427 g/mol. The van der Waals surface area contributed by atoms with Gasteiger partial charge in [0, 0.05) is 10.7 Å². The third kappa shape index (κ3) is 2.83. The maximum absolute atomic E-state index is 13.7. The summed E-state index contributed by atoms with van der Waals surface area (Å²) >= 11 is 3.20. The van der Waals surface area contributed by atoms with Crippen molar-refractivity contribution in [2.75, 3.05) is 7.11 Å². The van der Waals surface area contributed by atoms with E-state index in [1.165, 1.54) is 19.2 Å². The molecule has 3 aromatic rings. The number of esters is 1. The fourth-order valence-corrected chi connectivity index (χ4v) is 4.80. The predicted octanol–water partition coefficient (Wildman–Crippen LogP) is 3.09. The van der Waals surface area contributed by atoms with Crippen LogP contribution in [-0.4, -0.2) is 30.5 Å².